The molecule has 7 heteroatoms. The summed E-state index contributed by atoms with van der Waals surface area (Å²) in [6.07, 6.45) is 0.549. The molecule has 1 aromatic carbocycles. The van der Waals surface area contributed by atoms with Crippen molar-refractivity contribution in [3.63, 3.8) is 0 Å². The van der Waals surface area contributed by atoms with E-state index in [1.807, 2.05) is 0 Å². The Kier molecular flexibility index (Phi) is 6.19. The minimum Gasteiger partial charge on any atom is -0.385 e. The fourth-order valence-corrected chi connectivity index (χ4v) is 2.97. The second-order valence-electron chi connectivity index (χ2n) is 4.07. The molecule has 0 radical (unpaired) electrons. The molecule has 19 heavy (non-hydrogen) atoms. The fraction of sp³-hybridized carbons (Fsp3) is 0.500. The van der Waals surface area contributed by atoms with Crippen LogP contribution in [0.5, 0.6) is 0 Å². The Morgan fingerprint density at radius 2 is 2.11 bits per heavy atom. The van der Waals surface area contributed by atoms with Crippen molar-refractivity contribution < 1.29 is 17.5 Å². The van der Waals surface area contributed by atoms with Gasteiger partial charge in [0.2, 0.25) is 10.0 Å². The monoisotopic (exact) mass is 309 g/mol. The molecule has 0 N–H and O–H groups in total. The highest BCUT2D eigenvalue weighted by molar-refractivity contribution is 7.89. The Balaban J connectivity index is 2.93. The van der Waals surface area contributed by atoms with E-state index < -0.39 is 15.8 Å². The van der Waals surface area contributed by atoms with Crippen molar-refractivity contribution in [1.82, 2.24) is 4.31 Å². The van der Waals surface area contributed by atoms with Gasteiger partial charge < -0.3 is 4.74 Å². The molecule has 0 heterocycles. The summed E-state index contributed by atoms with van der Waals surface area (Å²) in [6.45, 7) is 0.723. The quantitative estimate of drug-likeness (QED) is 0.573. The summed E-state index contributed by atoms with van der Waals surface area (Å²) in [7, 11) is -0.858. The first-order valence-corrected chi connectivity index (χ1v) is 7.70. The zero-order valence-electron chi connectivity index (χ0n) is 10.9. The van der Waals surface area contributed by atoms with Crippen LogP contribution in [-0.4, -0.2) is 40.0 Å². The Hall–Kier alpha value is -0.690. The Morgan fingerprint density at radius 3 is 2.63 bits per heavy atom. The van der Waals surface area contributed by atoms with Crippen molar-refractivity contribution in [2.75, 3.05) is 27.3 Å². The molecule has 0 amide bonds. The van der Waals surface area contributed by atoms with Gasteiger partial charge in [0.25, 0.3) is 0 Å². The third-order valence-electron chi connectivity index (χ3n) is 2.66. The molecule has 0 saturated heterocycles. The van der Waals surface area contributed by atoms with Gasteiger partial charge in [-0.3, -0.25) is 0 Å². The van der Waals surface area contributed by atoms with Crippen LogP contribution in [0.3, 0.4) is 0 Å². The van der Waals surface area contributed by atoms with E-state index >= 15 is 0 Å². The fourth-order valence-electron chi connectivity index (χ4n) is 1.56. The molecule has 4 nitrogen and oxygen atoms in total. The largest absolute Gasteiger partial charge is 0.385 e. The number of rotatable bonds is 7. The van der Waals surface area contributed by atoms with Crippen LogP contribution in [-0.2, 0) is 20.6 Å². The van der Waals surface area contributed by atoms with Gasteiger partial charge in [-0.2, -0.15) is 0 Å². The molecule has 0 atom stereocenters. The lowest BCUT2D eigenvalue weighted by Crippen LogP contribution is -2.29. The summed E-state index contributed by atoms with van der Waals surface area (Å²) in [5.41, 5.74) is 0.542. The lowest BCUT2D eigenvalue weighted by Gasteiger charge is -2.17. The standard InChI is InChI=1S/C12H17ClFNO3S/c1-15(6-3-7-18-2)19(16,17)12-5-4-10(9-13)8-11(12)14/h4-5,8H,3,6-7,9H2,1-2H3. The molecular formula is C12H17ClFNO3S. The first kappa shape index (κ1) is 16.4. The van der Waals surface area contributed by atoms with Crippen LogP contribution in [0.25, 0.3) is 0 Å². The van der Waals surface area contributed by atoms with Gasteiger partial charge in [-0.05, 0) is 24.1 Å². The van der Waals surface area contributed by atoms with Crippen LogP contribution in [0.4, 0.5) is 4.39 Å². The maximum atomic E-state index is 13.8. The summed E-state index contributed by atoms with van der Waals surface area (Å²) in [4.78, 5) is -0.332. The minimum absolute atomic E-state index is 0.140. The normalized spacial score (nSPS) is 12.1. The number of sulfonamides is 1. The molecule has 0 aliphatic rings. The van der Waals surface area contributed by atoms with E-state index in [4.69, 9.17) is 16.3 Å². The Labute approximate surface area is 118 Å². The molecular weight excluding hydrogens is 293 g/mol. The maximum absolute atomic E-state index is 13.8. The molecule has 0 saturated carbocycles. The summed E-state index contributed by atoms with van der Waals surface area (Å²) < 4.78 is 44.1. The molecule has 0 aliphatic heterocycles. The van der Waals surface area contributed by atoms with E-state index in [0.717, 1.165) is 10.4 Å². The maximum Gasteiger partial charge on any atom is 0.245 e. The zero-order valence-corrected chi connectivity index (χ0v) is 12.5. The van der Waals surface area contributed by atoms with Crippen LogP contribution < -0.4 is 0 Å². The summed E-state index contributed by atoms with van der Waals surface area (Å²) >= 11 is 5.57. The van der Waals surface area contributed by atoms with Gasteiger partial charge in [0, 0.05) is 33.2 Å². The molecule has 1 aromatic rings. The summed E-state index contributed by atoms with van der Waals surface area (Å²) in [6, 6.07) is 3.89. The topological polar surface area (TPSA) is 46.6 Å². The summed E-state index contributed by atoms with van der Waals surface area (Å²) in [5.74, 6) is -0.641. The average Bonchev–Trinajstić information content (AvgIpc) is 2.38. The van der Waals surface area contributed by atoms with Crippen LogP contribution in [0.1, 0.15) is 12.0 Å². The van der Waals surface area contributed by atoms with Crippen molar-refractivity contribution in [3.8, 4) is 0 Å². The molecule has 0 bridgehead atoms. The van der Waals surface area contributed by atoms with Gasteiger partial charge in [-0.25, -0.2) is 17.1 Å². The summed E-state index contributed by atoms with van der Waals surface area (Å²) in [5, 5.41) is 0. The predicted molar refractivity (Wildman–Crippen MR) is 72.3 cm³/mol. The van der Waals surface area contributed by atoms with E-state index in [-0.39, 0.29) is 17.3 Å². The van der Waals surface area contributed by atoms with Gasteiger partial charge in [0.15, 0.2) is 0 Å². The SMILES string of the molecule is COCCCN(C)S(=O)(=O)c1ccc(CCl)cc1F. The first-order chi connectivity index (χ1) is 8.93. The molecule has 0 fully saturated rings. The first-order valence-electron chi connectivity index (χ1n) is 5.73. The Bertz CT molecular complexity index is 522. The third-order valence-corrected chi connectivity index (χ3v) is 4.86. The van der Waals surface area contributed by atoms with Crippen LogP contribution in [0.15, 0.2) is 23.1 Å². The van der Waals surface area contributed by atoms with E-state index in [9.17, 15) is 12.8 Å². The van der Waals surface area contributed by atoms with Crippen LogP contribution in [0.2, 0.25) is 0 Å². The van der Waals surface area contributed by atoms with Crippen molar-refractivity contribution in [2.45, 2.75) is 17.2 Å². The number of nitrogens with zero attached hydrogens (tertiary/aromatic N) is 1. The number of hydrogen-bond donors (Lipinski definition) is 0. The van der Waals surface area contributed by atoms with Gasteiger partial charge in [-0.1, -0.05) is 6.07 Å². The third kappa shape index (κ3) is 4.14. The smallest absolute Gasteiger partial charge is 0.245 e. The van der Waals surface area contributed by atoms with Crippen molar-refractivity contribution in [1.29, 1.82) is 0 Å². The highest BCUT2D eigenvalue weighted by Gasteiger charge is 2.24. The van der Waals surface area contributed by atoms with Crippen molar-refractivity contribution in [2.24, 2.45) is 0 Å². The van der Waals surface area contributed by atoms with E-state index in [1.165, 1.54) is 19.2 Å². The number of hydrogen-bond acceptors (Lipinski definition) is 3. The lowest BCUT2D eigenvalue weighted by molar-refractivity contribution is 0.189. The molecule has 108 valence electrons. The number of methoxy groups -OCH3 is 1. The van der Waals surface area contributed by atoms with Crippen LogP contribution in [0, 0.1) is 5.82 Å². The molecule has 0 aromatic heterocycles. The van der Waals surface area contributed by atoms with Gasteiger partial charge in [-0.15, -0.1) is 11.6 Å². The second-order valence-corrected chi connectivity index (χ2v) is 6.35. The second kappa shape index (κ2) is 7.19. The van der Waals surface area contributed by atoms with Crippen molar-refractivity contribution >= 4 is 21.6 Å². The van der Waals surface area contributed by atoms with Gasteiger partial charge in [0.1, 0.15) is 10.7 Å². The predicted octanol–water partition coefficient (Wildman–Crippen LogP) is 2.22. The minimum atomic E-state index is -3.82. The van der Waals surface area contributed by atoms with E-state index in [1.54, 1.807) is 7.11 Å². The highest BCUT2D eigenvalue weighted by Crippen LogP contribution is 2.20. The number of benzene rings is 1. The van der Waals surface area contributed by atoms with Crippen molar-refractivity contribution in [3.05, 3.63) is 29.6 Å². The van der Waals surface area contributed by atoms with E-state index in [0.29, 0.717) is 18.6 Å². The molecule has 0 aliphatic carbocycles. The number of halogens is 2. The lowest BCUT2D eigenvalue weighted by atomic mass is 10.2. The Morgan fingerprint density at radius 1 is 1.42 bits per heavy atom. The molecule has 0 unspecified atom stereocenters. The number of alkyl halides is 1. The molecule has 0 spiro atoms. The van der Waals surface area contributed by atoms with Gasteiger partial charge >= 0.3 is 0 Å². The zero-order chi connectivity index (χ0) is 14.5. The highest BCUT2D eigenvalue weighted by atomic mass is 35.5. The molecule has 1 rings (SSSR count). The number of ether oxygens (including phenoxy) is 1. The van der Waals surface area contributed by atoms with Gasteiger partial charge in [0.05, 0.1) is 0 Å². The average molecular weight is 310 g/mol. The van der Waals surface area contributed by atoms with Crippen LogP contribution >= 0.6 is 11.6 Å². The van der Waals surface area contributed by atoms with E-state index in [2.05, 4.69) is 0 Å².